The van der Waals surface area contributed by atoms with E-state index in [2.05, 4.69) is 13.8 Å². The number of hydrogen-bond donors (Lipinski definition) is 0. The molecule has 2 aliphatic heterocycles. The van der Waals surface area contributed by atoms with Crippen molar-refractivity contribution in [3.63, 3.8) is 0 Å². The van der Waals surface area contributed by atoms with E-state index in [0.29, 0.717) is 19.5 Å². The largest absolute Gasteiger partial charge is 0.486 e. The van der Waals surface area contributed by atoms with Crippen molar-refractivity contribution >= 4 is 11.7 Å². The summed E-state index contributed by atoms with van der Waals surface area (Å²) in [5.41, 5.74) is 2.42. The molecule has 1 saturated heterocycles. The second-order valence-corrected chi connectivity index (χ2v) is 7.68. The highest BCUT2D eigenvalue weighted by molar-refractivity contribution is 6.01. The summed E-state index contributed by atoms with van der Waals surface area (Å²) in [5, 5.41) is 0. The summed E-state index contributed by atoms with van der Waals surface area (Å²) in [4.78, 5) is 27.3. The average Bonchev–Trinajstić information content (AvgIpc) is 2.55. The van der Waals surface area contributed by atoms with Gasteiger partial charge in [0.1, 0.15) is 11.4 Å². The van der Waals surface area contributed by atoms with E-state index in [-0.39, 0.29) is 17.6 Å². The second kappa shape index (κ2) is 6.81. The number of likely N-dealkylation sites (tertiary alicyclic amines) is 1. The van der Waals surface area contributed by atoms with Gasteiger partial charge < -0.3 is 9.64 Å². The lowest BCUT2D eigenvalue weighted by Gasteiger charge is -2.44. The normalized spacial score (nSPS) is 19.1. The Morgan fingerprint density at radius 1 is 1.20 bits per heavy atom. The van der Waals surface area contributed by atoms with Crippen LogP contribution in [-0.4, -0.2) is 35.3 Å². The van der Waals surface area contributed by atoms with E-state index in [1.807, 2.05) is 30.9 Å². The zero-order valence-corrected chi connectivity index (χ0v) is 15.9. The maximum atomic E-state index is 12.7. The van der Waals surface area contributed by atoms with E-state index >= 15 is 0 Å². The highest BCUT2D eigenvalue weighted by Crippen LogP contribution is 2.41. The molecule has 0 radical (unpaired) electrons. The van der Waals surface area contributed by atoms with Gasteiger partial charge in [-0.3, -0.25) is 9.59 Å². The molecule has 4 heteroatoms. The van der Waals surface area contributed by atoms with Crippen LogP contribution >= 0.6 is 0 Å². The van der Waals surface area contributed by atoms with Crippen LogP contribution in [0.3, 0.4) is 0 Å². The first-order valence-corrected chi connectivity index (χ1v) is 9.51. The van der Waals surface area contributed by atoms with Crippen molar-refractivity contribution in [2.45, 2.75) is 65.4 Å². The minimum Gasteiger partial charge on any atom is -0.486 e. The Labute approximate surface area is 150 Å². The molecule has 3 rings (SSSR count). The van der Waals surface area contributed by atoms with Gasteiger partial charge in [0.25, 0.3) is 0 Å². The van der Waals surface area contributed by atoms with Gasteiger partial charge in [-0.2, -0.15) is 0 Å². The number of fused-ring (bicyclic) bond motifs is 1. The Balaban J connectivity index is 1.76. The topological polar surface area (TPSA) is 46.6 Å². The van der Waals surface area contributed by atoms with E-state index in [1.165, 1.54) is 0 Å². The Morgan fingerprint density at radius 3 is 2.44 bits per heavy atom. The smallest absolute Gasteiger partial charge is 0.225 e. The predicted molar refractivity (Wildman–Crippen MR) is 98.1 cm³/mol. The van der Waals surface area contributed by atoms with Gasteiger partial charge in [-0.25, -0.2) is 0 Å². The first-order valence-electron chi connectivity index (χ1n) is 9.51. The van der Waals surface area contributed by atoms with Gasteiger partial charge in [0.05, 0.1) is 12.0 Å². The van der Waals surface area contributed by atoms with Gasteiger partial charge in [0, 0.05) is 31.8 Å². The molecule has 1 amide bonds. The molecule has 1 fully saturated rings. The maximum absolute atomic E-state index is 12.7. The summed E-state index contributed by atoms with van der Waals surface area (Å²) in [6, 6.07) is 4.01. The molecule has 1 aromatic rings. The third-order valence-electron chi connectivity index (χ3n) is 5.85. The number of carbonyl (C=O) groups excluding carboxylic acids is 2. The number of carbonyl (C=O) groups is 2. The van der Waals surface area contributed by atoms with Crippen LogP contribution < -0.4 is 4.74 Å². The van der Waals surface area contributed by atoms with Crippen molar-refractivity contribution < 1.29 is 14.3 Å². The summed E-state index contributed by atoms with van der Waals surface area (Å²) in [5.74, 6) is 1.29. The van der Waals surface area contributed by atoms with Crippen LogP contribution in [-0.2, 0) is 4.79 Å². The van der Waals surface area contributed by atoms with Gasteiger partial charge in [0.2, 0.25) is 5.91 Å². The molecule has 4 nitrogen and oxygen atoms in total. The van der Waals surface area contributed by atoms with Crippen molar-refractivity contribution in [2.75, 3.05) is 13.1 Å². The fraction of sp³-hybridized carbons (Fsp3) is 0.619. The van der Waals surface area contributed by atoms with Crippen molar-refractivity contribution in [1.82, 2.24) is 4.90 Å². The molecule has 0 aromatic heterocycles. The Kier molecular flexibility index (Phi) is 4.90. The summed E-state index contributed by atoms with van der Waals surface area (Å²) in [6.07, 6.45) is 3.67. The van der Waals surface area contributed by atoms with Gasteiger partial charge in [-0.1, -0.05) is 19.9 Å². The third kappa shape index (κ3) is 3.31. The number of ketones is 1. The van der Waals surface area contributed by atoms with Crippen molar-refractivity contribution in [2.24, 2.45) is 5.92 Å². The van der Waals surface area contributed by atoms with Crippen molar-refractivity contribution in [3.05, 3.63) is 28.8 Å². The van der Waals surface area contributed by atoms with Gasteiger partial charge in [-0.05, 0) is 43.9 Å². The zero-order valence-electron chi connectivity index (χ0n) is 15.9. The van der Waals surface area contributed by atoms with Crippen molar-refractivity contribution in [3.8, 4) is 5.75 Å². The SMILES string of the molecule is CCC(CC)C(=O)N1CCC2(CC1)CC(=O)c1c(C)cc(C)cc1O2. The van der Waals surface area contributed by atoms with Crippen LogP contribution in [0.25, 0.3) is 0 Å². The minimum atomic E-state index is -0.435. The van der Waals surface area contributed by atoms with E-state index in [1.54, 1.807) is 0 Å². The summed E-state index contributed by atoms with van der Waals surface area (Å²) < 4.78 is 6.37. The van der Waals surface area contributed by atoms with Gasteiger partial charge in [-0.15, -0.1) is 0 Å². The van der Waals surface area contributed by atoms with E-state index in [0.717, 1.165) is 48.1 Å². The number of Topliss-reactive ketones (excluding diaryl/α,β-unsaturated/α-hetero) is 1. The number of benzene rings is 1. The minimum absolute atomic E-state index is 0.119. The van der Waals surface area contributed by atoms with Crippen LogP contribution in [0.5, 0.6) is 5.75 Å². The van der Waals surface area contributed by atoms with Crippen LogP contribution in [0.2, 0.25) is 0 Å². The molecule has 1 aromatic carbocycles. The molecule has 2 aliphatic rings. The molecule has 0 unspecified atom stereocenters. The molecular formula is C21H29NO3. The number of aryl methyl sites for hydroxylation is 2. The lowest BCUT2D eigenvalue weighted by atomic mass is 9.81. The molecule has 25 heavy (non-hydrogen) atoms. The van der Waals surface area contributed by atoms with Crippen LogP contribution in [0.4, 0.5) is 0 Å². The second-order valence-electron chi connectivity index (χ2n) is 7.68. The maximum Gasteiger partial charge on any atom is 0.225 e. The summed E-state index contributed by atoms with van der Waals surface area (Å²) in [6.45, 7) is 9.51. The van der Waals surface area contributed by atoms with E-state index in [4.69, 9.17) is 4.74 Å². The Bertz CT molecular complexity index is 683. The molecule has 0 saturated carbocycles. The fourth-order valence-corrected chi connectivity index (χ4v) is 4.33. The van der Waals surface area contributed by atoms with Crippen molar-refractivity contribution in [1.29, 1.82) is 0 Å². The van der Waals surface area contributed by atoms with Gasteiger partial charge in [0.15, 0.2) is 5.78 Å². The highest BCUT2D eigenvalue weighted by atomic mass is 16.5. The molecule has 0 atom stereocenters. The molecule has 136 valence electrons. The standard InChI is InChI=1S/C21H29NO3/c1-5-16(6-2)20(24)22-9-7-21(8-10-22)13-17(23)19-15(4)11-14(3)12-18(19)25-21/h11-12,16H,5-10,13H2,1-4H3. The lowest BCUT2D eigenvalue weighted by Crippen LogP contribution is -2.53. The highest BCUT2D eigenvalue weighted by Gasteiger charge is 2.44. The van der Waals surface area contributed by atoms with Crippen LogP contribution in [0.1, 0.15) is 67.4 Å². The predicted octanol–water partition coefficient (Wildman–Crippen LogP) is 4.07. The molecule has 0 bridgehead atoms. The van der Waals surface area contributed by atoms with Gasteiger partial charge >= 0.3 is 0 Å². The quantitative estimate of drug-likeness (QED) is 0.831. The summed E-state index contributed by atoms with van der Waals surface area (Å²) >= 11 is 0. The number of nitrogens with zero attached hydrogens (tertiary/aromatic N) is 1. The van der Waals surface area contributed by atoms with E-state index in [9.17, 15) is 9.59 Å². The third-order valence-corrected chi connectivity index (χ3v) is 5.85. The zero-order chi connectivity index (χ0) is 18.2. The number of piperidine rings is 1. The lowest BCUT2D eigenvalue weighted by molar-refractivity contribution is -0.139. The van der Waals surface area contributed by atoms with E-state index < -0.39 is 5.60 Å². The number of hydrogen-bond acceptors (Lipinski definition) is 3. The molecule has 1 spiro atoms. The molecule has 2 heterocycles. The fourth-order valence-electron chi connectivity index (χ4n) is 4.33. The first-order chi connectivity index (χ1) is 11.9. The summed E-state index contributed by atoms with van der Waals surface area (Å²) in [7, 11) is 0. The monoisotopic (exact) mass is 343 g/mol. The van der Waals surface area contributed by atoms with Crippen LogP contribution in [0.15, 0.2) is 12.1 Å². The number of amides is 1. The Morgan fingerprint density at radius 2 is 1.84 bits per heavy atom. The average molecular weight is 343 g/mol. The van der Waals surface area contributed by atoms with Crippen LogP contribution in [0, 0.1) is 19.8 Å². The number of rotatable bonds is 3. The molecular weight excluding hydrogens is 314 g/mol. The Hall–Kier alpha value is -1.84. The first kappa shape index (κ1) is 18.0. The molecule has 0 N–H and O–H groups in total. The molecule has 0 aliphatic carbocycles. The number of ether oxygens (including phenoxy) is 1.